The van der Waals surface area contributed by atoms with Gasteiger partial charge in [0.2, 0.25) is 0 Å². The first-order valence-corrected chi connectivity index (χ1v) is 22.1. The van der Waals surface area contributed by atoms with Crippen LogP contribution < -0.4 is 19.3 Å². The van der Waals surface area contributed by atoms with Crippen LogP contribution in [0.15, 0.2) is 49.6 Å². The molecule has 0 radical (unpaired) electrons. The molecule has 0 aromatic heterocycles. The second-order valence-electron chi connectivity index (χ2n) is 16.7. The van der Waals surface area contributed by atoms with Gasteiger partial charge < -0.3 is 47.7 Å². The Kier molecular flexibility index (Phi) is 15.0. The minimum absolute atomic E-state index is 0.00204. The fourth-order valence-electron chi connectivity index (χ4n) is 9.43. The van der Waals surface area contributed by atoms with Crippen molar-refractivity contribution in [2.24, 2.45) is 0 Å². The van der Waals surface area contributed by atoms with Crippen molar-refractivity contribution in [1.29, 1.82) is 0 Å². The van der Waals surface area contributed by atoms with Crippen LogP contribution in [0.5, 0.6) is 11.5 Å². The molecule has 5 aliphatic rings. The summed E-state index contributed by atoms with van der Waals surface area (Å²) in [6.45, 7) is 15.4. The highest BCUT2D eigenvalue weighted by Gasteiger charge is 2.49. The number of carbonyl (C=O) groups excluding carboxylic acids is 4. The average molecular weight is 875 g/mol. The third-order valence-corrected chi connectivity index (χ3v) is 12.8. The minimum atomic E-state index is -0.895. The molecule has 16 nitrogen and oxygen atoms in total. The van der Waals surface area contributed by atoms with E-state index in [1.165, 1.54) is 36.2 Å². The molecule has 0 aliphatic carbocycles. The number of fused-ring (bicyclic) bond motifs is 4. The second kappa shape index (κ2) is 20.6. The highest BCUT2D eigenvalue weighted by atomic mass is 16.7. The van der Waals surface area contributed by atoms with Crippen molar-refractivity contribution in [1.82, 2.24) is 9.80 Å². The number of hydrogen-bond donors (Lipinski definition) is 0. The van der Waals surface area contributed by atoms with E-state index in [2.05, 4.69) is 13.2 Å². The molecular weight excluding hydrogens is 813 g/mol. The number of nitrogens with zero attached hydrogens (tertiary/aromatic N) is 4. The van der Waals surface area contributed by atoms with E-state index in [1.807, 2.05) is 42.7 Å². The van der Waals surface area contributed by atoms with Crippen LogP contribution in [-0.4, -0.2) is 137 Å². The summed E-state index contributed by atoms with van der Waals surface area (Å²) >= 11 is 0. The molecule has 4 amide bonds. The molecule has 0 saturated carbocycles. The third kappa shape index (κ3) is 9.69. The Balaban J connectivity index is 1.02. The zero-order valence-corrected chi connectivity index (χ0v) is 37.2. The molecular formula is C47H62N4O12. The van der Waals surface area contributed by atoms with Crippen LogP contribution in [-0.2, 0) is 28.4 Å². The average Bonchev–Trinajstić information content (AvgIpc) is 3.44. The molecule has 3 fully saturated rings. The van der Waals surface area contributed by atoms with E-state index in [4.69, 9.17) is 37.9 Å². The van der Waals surface area contributed by atoms with Crippen molar-refractivity contribution in [3.05, 3.63) is 71.8 Å². The van der Waals surface area contributed by atoms with Crippen LogP contribution in [0, 0.1) is 13.8 Å². The first-order chi connectivity index (χ1) is 30.5. The number of aryl methyl sites for hydroxylation is 2. The number of amides is 4. The quantitative estimate of drug-likeness (QED) is 0.143. The van der Waals surface area contributed by atoms with Crippen LogP contribution in [0.2, 0.25) is 0 Å². The monoisotopic (exact) mass is 874 g/mol. The van der Waals surface area contributed by atoms with Gasteiger partial charge >= 0.3 is 12.2 Å². The summed E-state index contributed by atoms with van der Waals surface area (Å²) in [6, 6.07) is 5.62. The Hall–Kier alpha value is -5.16. The Bertz CT molecular complexity index is 2020. The summed E-state index contributed by atoms with van der Waals surface area (Å²) in [5.74, 6) is 0.392. The van der Waals surface area contributed by atoms with Gasteiger partial charge in [0.05, 0.1) is 67.1 Å². The van der Waals surface area contributed by atoms with Crippen LogP contribution >= 0.6 is 0 Å². The minimum Gasteiger partial charge on any atom is -0.493 e. The molecule has 5 heterocycles. The predicted octanol–water partition coefficient (Wildman–Crippen LogP) is 6.93. The molecule has 16 heteroatoms. The fourth-order valence-corrected chi connectivity index (χ4v) is 9.43. The summed E-state index contributed by atoms with van der Waals surface area (Å²) in [4.78, 5) is 62.8. The van der Waals surface area contributed by atoms with Gasteiger partial charge in [-0.15, -0.1) is 0 Å². The van der Waals surface area contributed by atoms with Gasteiger partial charge in [0.15, 0.2) is 24.0 Å². The van der Waals surface area contributed by atoms with E-state index in [9.17, 15) is 19.2 Å². The predicted molar refractivity (Wildman–Crippen MR) is 234 cm³/mol. The van der Waals surface area contributed by atoms with Crippen LogP contribution in [0.4, 0.5) is 21.0 Å². The molecule has 63 heavy (non-hydrogen) atoms. The van der Waals surface area contributed by atoms with Crippen LogP contribution in [0.25, 0.3) is 0 Å². The van der Waals surface area contributed by atoms with Gasteiger partial charge in [0.1, 0.15) is 13.2 Å². The Morgan fingerprint density at radius 2 is 1.30 bits per heavy atom. The van der Waals surface area contributed by atoms with Crippen molar-refractivity contribution in [2.75, 3.05) is 70.1 Å². The van der Waals surface area contributed by atoms with E-state index in [1.54, 1.807) is 12.1 Å². The van der Waals surface area contributed by atoms with Gasteiger partial charge in [0, 0.05) is 39.0 Å². The lowest BCUT2D eigenvalue weighted by Gasteiger charge is -2.44. The van der Waals surface area contributed by atoms with Crippen molar-refractivity contribution >= 4 is 35.4 Å². The van der Waals surface area contributed by atoms with Gasteiger partial charge in [-0.2, -0.15) is 0 Å². The second-order valence-corrected chi connectivity index (χ2v) is 16.7. The lowest BCUT2D eigenvalue weighted by Crippen LogP contribution is -2.59. The Morgan fingerprint density at radius 1 is 0.746 bits per heavy atom. The zero-order valence-electron chi connectivity index (χ0n) is 37.2. The highest BCUT2D eigenvalue weighted by molar-refractivity contribution is 6.07. The van der Waals surface area contributed by atoms with Crippen molar-refractivity contribution in [3.63, 3.8) is 0 Å². The van der Waals surface area contributed by atoms with Crippen LogP contribution in [0.1, 0.15) is 90.1 Å². The standard InChI is InChI=1S/C47H62N4O12/c1-8-18-61-46(54)50-31(5)36-25-32(14-16-48(36)44(53)35-27-40(56-6)41(57-7)28-38(35)50)58-21-12-22-59-33-15-17-49-39(26-33)45(63-42-13-10-11-20-60-42)51(47(55)62-19-9-2)37-24-30(4)29(3)23-34(37)43(49)52/h8-9,23-24,27-28,31-33,36,39,42,45H,1-2,10-22,25-26H2,3-7H3/t31?,32-,33-,36+,39+,42?,45?/m1/s1. The van der Waals surface area contributed by atoms with E-state index in [-0.39, 0.29) is 43.3 Å². The number of piperidine rings is 2. The SMILES string of the molecule is C=CCOC(=O)N1c2cc(OC)c(OC)cc2C(=O)N2CC[C@@H](OCCCO[C@@H]3CCN4C(=O)c5cc(C)c(C)cc5N(C(=O)OCC=C)C(OC5CCCCO5)[C@@H]4C3)C[C@H]2C1C. The molecule has 0 bridgehead atoms. The molecule has 5 aliphatic heterocycles. The summed E-state index contributed by atoms with van der Waals surface area (Å²) in [5, 5.41) is 0. The summed E-state index contributed by atoms with van der Waals surface area (Å²) < 4.78 is 47.9. The lowest BCUT2D eigenvalue weighted by atomic mass is 9.93. The van der Waals surface area contributed by atoms with E-state index >= 15 is 0 Å². The first-order valence-electron chi connectivity index (χ1n) is 22.1. The maximum atomic E-state index is 14.4. The highest BCUT2D eigenvalue weighted by Crippen LogP contribution is 2.42. The molecule has 7 rings (SSSR count). The number of hydrogen-bond acceptors (Lipinski definition) is 12. The maximum Gasteiger partial charge on any atom is 0.416 e. The molecule has 342 valence electrons. The first kappa shape index (κ1) is 45.9. The van der Waals surface area contributed by atoms with Crippen molar-refractivity contribution in [3.8, 4) is 11.5 Å². The van der Waals surface area contributed by atoms with E-state index in [0.29, 0.717) is 105 Å². The molecule has 7 atom stereocenters. The van der Waals surface area contributed by atoms with Gasteiger partial charge in [-0.3, -0.25) is 14.5 Å². The van der Waals surface area contributed by atoms with E-state index < -0.39 is 36.8 Å². The molecule has 0 spiro atoms. The maximum absolute atomic E-state index is 14.4. The number of anilines is 2. The van der Waals surface area contributed by atoms with Crippen LogP contribution in [0.3, 0.4) is 0 Å². The molecule has 0 N–H and O–H groups in total. The number of methoxy groups -OCH3 is 2. The molecule has 2 aromatic carbocycles. The largest absolute Gasteiger partial charge is 0.493 e. The van der Waals surface area contributed by atoms with Gasteiger partial charge in [0.25, 0.3) is 11.8 Å². The lowest BCUT2D eigenvalue weighted by molar-refractivity contribution is -0.201. The van der Waals surface area contributed by atoms with Crippen molar-refractivity contribution < 1.29 is 57.1 Å². The topological polar surface area (TPSA) is 155 Å². The number of ether oxygens (including phenoxy) is 8. The third-order valence-electron chi connectivity index (χ3n) is 12.8. The number of carbonyl (C=O) groups is 4. The normalized spacial score (nSPS) is 25.7. The molecule has 3 unspecified atom stereocenters. The van der Waals surface area contributed by atoms with Crippen molar-refractivity contribution in [2.45, 2.75) is 115 Å². The number of benzene rings is 2. The Labute approximate surface area is 369 Å². The fraction of sp³-hybridized carbons (Fsp3) is 0.574. The summed E-state index contributed by atoms with van der Waals surface area (Å²) in [7, 11) is 3.01. The smallest absolute Gasteiger partial charge is 0.416 e. The van der Waals surface area contributed by atoms with E-state index in [0.717, 1.165) is 24.0 Å². The molecule has 2 aromatic rings. The number of rotatable bonds is 14. The Morgan fingerprint density at radius 3 is 1.90 bits per heavy atom. The zero-order chi connectivity index (χ0) is 44.8. The van der Waals surface area contributed by atoms with Gasteiger partial charge in [-0.05, 0) is 101 Å². The summed E-state index contributed by atoms with van der Waals surface area (Å²) in [5.41, 5.74) is 3.45. The van der Waals surface area contributed by atoms with Gasteiger partial charge in [-0.25, -0.2) is 14.5 Å². The van der Waals surface area contributed by atoms with Gasteiger partial charge in [-0.1, -0.05) is 25.3 Å². The summed E-state index contributed by atoms with van der Waals surface area (Å²) in [6.07, 6.45) is 5.23. The molecule has 3 saturated heterocycles.